The molecule has 0 bridgehead atoms. The van der Waals surface area contributed by atoms with Crippen molar-refractivity contribution < 1.29 is 19.1 Å². The molecule has 3 rings (SSSR count). The van der Waals surface area contributed by atoms with Crippen molar-refractivity contribution >= 4 is 17.9 Å². The zero-order valence-electron chi connectivity index (χ0n) is 16.5. The van der Waals surface area contributed by atoms with Crippen molar-refractivity contribution in [3.8, 4) is 0 Å². The van der Waals surface area contributed by atoms with Gasteiger partial charge in [-0.1, -0.05) is 0 Å². The van der Waals surface area contributed by atoms with Gasteiger partial charge in [-0.25, -0.2) is 9.78 Å². The highest BCUT2D eigenvalue weighted by molar-refractivity contribution is 5.92. The number of carbonyl (C=O) groups excluding carboxylic acids is 3. The maximum absolute atomic E-state index is 12.9. The van der Waals surface area contributed by atoms with Crippen LogP contribution in [0.15, 0.2) is 12.4 Å². The summed E-state index contributed by atoms with van der Waals surface area (Å²) in [5, 5.41) is 0. The van der Waals surface area contributed by atoms with E-state index in [2.05, 4.69) is 9.97 Å². The van der Waals surface area contributed by atoms with Crippen LogP contribution in [0.4, 0.5) is 4.79 Å². The third-order valence-electron chi connectivity index (χ3n) is 5.18. The van der Waals surface area contributed by atoms with Crippen LogP contribution in [-0.2, 0) is 9.53 Å². The monoisotopic (exact) mass is 389 g/mol. The van der Waals surface area contributed by atoms with E-state index in [4.69, 9.17) is 4.74 Å². The lowest BCUT2D eigenvalue weighted by molar-refractivity contribution is -0.138. The molecule has 1 aromatic heterocycles. The molecule has 0 N–H and O–H groups in total. The molecule has 0 saturated carbocycles. The number of carbonyl (C=O) groups is 3. The van der Waals surface area contributed by atoms with Gasteiger partial charge < -0.3 is 19.4 Å². The standard InChI is InChI=1S/C19H27N5O4/c1-3-28-19(27)23-9-7-22(8-10-23)17(25)15-5-4-6-24(13-15)18(26)16-12-20-14(2)11-21-16/h11-12,15H,3-10,13H2,1-2H3. The predicted molar refractivity (Wildman–Crippen MR) is 101 cm³/mol. The van der Waals surface area contributed by atoms with Crippen LogP contribution < -0.4 is 0 Å². The van der Waals surface area contributed by atoms with E-state index in [1.807, 2.05) is 6.92 Å². The van der Waals surface area contributed by atoms with Crippen LogP contribution in [0.3, 0.4) is 0 Å². The van der Waals surface area contributed by atoms with Crippen molar-refractivity contribution in [2.24, 2.45) is 5.92 Å². The number of aryl methyl sites for hydroxylation is 1. The number of piperidine rings is 1. The number of rotatable bonds is 3. The molecule has 152 valence electrons. The number of amides is 3. The molecule has 0 radical (unpaired) electrons. The van der Waals surface area contributed by atoms with E-state index in [0.717, 1.165) is 18.5 Å². The summed E-state index contributed by atoms with van der Waals surface area (Å²) in [6, 6.07) is 0. The molecule has 1 unspecified atom stereocenters. The SMILES string of the molecule is CCOC(=O)N1CCN(C(=O)C2CCCN(C(=O)c3cnc(C)cn3)C2)CC1. The molecule has 9 heteroatoms. The van der Waals surface area contributed by atoms with Gasteiger partial charge in [-0.15, -0.1) is 0 Å². The highest BCUT2D eigenvalue weighted by atomic mass is 16.6. The van der Waals surface area contributed by atoms with E-state index in [-0.39, 0.29) is 23.8 Å². The summed E-state index contributed by atoms with van der Waals surface area (Å²) >= 11 is 0. The molecule has 0 aliphatic carbocycles. The van der Waals surface area contributed by atoms with E-state index in [1.165, 1.54) is 6.20 Å². The molecule has 2 aliphatic heterocycles. The number of hydrogen-bond acceptors (Lipinski definition) is 6. The van der Waals surface area contributed by atoms with Crippen molar-refractivity contribution in [2.45, 2.75) is 26.7 Å². The first kappa shape index (κ1) is 20.0. The third kappa shape index (κ3) is 4.58. The lowest BCUT2D eigenvalue weighted by atomic mass is 9.96. The molecule has 2 saturated heterocycles. The molecular weight excluding hydrogens is 362 g/mol. The Morgan fingerprint density at radius 1 is 1.04 bits per heavy atom. The Bertz CT molecular complexity index is 716. The van der Waals surface area contributed by atoms with Crippen LogP contribution in [0.1, 0.15) is 35.9 Å². The summed E-state index contributed by atoms with van der Waals surface area (Å²) in [5.74, 6) is -0.349. The fourth-order valence-corrected chi connectivity index (χ4v) is 3.61. The predicted octanol–water partition coefficient (Wildman–Crippen LogP) is 0.938. The Hall–Kier alpha value is -2.71. The maximum atomic E-state index is 12.9. The summed E-state index contributed by atoms with van der Waals surface area (Å²) in [4.78, 5) is 50.8. The summed E-state index contributed by atoms with van der Waals surface area (Å²) < 4.78 is 5.01. The molecule has 3 heterocycles. The first-order valence-electron chi connectivity index (χ1n) is 9.78. The normalized spacial score (nSPS) is 20.1. The molecular formula is C19H27N5O4. The van der Waals surface area contributed by atoms with Gasteiger partial charge in [0.25, 0.3) is 5.91 Å². The van der Waals surface area contributed by atoms with Crippen LogP contribution in [0.5, 0.6) is 0 Å². The number of piperazine rings is 1. The van der Waals surface area contributed by atoms with E-state index in [9.17, 15) is 14.4 Å². The Labute approximate surface area is 164 Å². The van der Waals surface area contributed by atoms with Gasteiger partial charge in [-0.05, 0) is 26.7 Å². The lowest BCUT2D eigenvalue weighted by Crippen LogP contribution is -2.54. The lowest BCUT2D eigenvalue weighted by Gasteiger charge is -2.38. The summed E-state index contributed by atoms with van der Waals surface area (Å²) in [6.07, 6.45) is 4.27. The number of nitrogens with zero attached hydrogens (tertiary/aromatic N) is 5. The minimum absolute atomic E-state index is 0.0519. The number of hydrogen-bond donors (Lipinski definition) is 0. The van der Waals surface area contributed by atoms with Gasteiger partial charge in [0.1, 0.15) is 5.69 Å². The minimum atomic E-state index is -0.330. The topological polar surface area (TPSA) is 95.9 Å². The smallest absolute Gasteiger partial charge is 0.409 e. The Morgan fingerprint density at radius 3 is 2.39 bits per heavy atom. The molecule has 0 aromatic carbocycles. The van der Waals surface area contributed by atoms with Crippen LogP contribution in [0.25, 0.3) is 0 Å². The quantitative estimate of drug-likeness (QED) is 0.763. The number of likely N-dealkylation sites (tertiary alicyclic amines) is 1. The zero-order valence-corrected chi connectivity index (χ0v) is 16.5. The van der Waals surface area contributed by atoms with Crippen molar-refractivity contribution in [1.82, 2.24) is 24.7 Å². The molecule has 1 aromatic rings. The molecule has 1 atom stereocenters. The Morgan fingerprint density at radius 2 is 1.75 bits per heavy atom. The van der Waals surface area contributed by atoms with Gasteiger partial charge >= 0.3 is 6.09 Å². The number of ether oxygens (including phenoxy) is 1. The second-order valence-electron chi connectivity index (χ2n) is 7.14. The van der Waals surface area contributed by atoms with Gasteiger partial charge in [0.2, 0.25) is 5.91 Å². The van der Waals surface area contributed by atoms with Gasteiger partial charge in [0.15, 0.2) is 0 Å². The fourth-order valence-electron chi connectivity index (χ4n) is 3.61. The molecule has 0 spiro atoms. The fraction of sp³-hybridized carbons (Fsp3) is 0.632. The first-order chi connectivity index (χ1) is 13.5. The van der Waals surface area contributed by atoms with Crippen molar-refractivity contribution in [1.29, 1.82) is 0 Å². The summed E-state index contributed by atoms with van der Waals surface area (Å²) in [7, 11) is 0. The van der Waals surface area contributed by atoms with Gasteiger partial charge in [-0.2, -0.15) is 0 Å². The van der Waals surface area contributed by atoms with Crippen molar-refractivity contribution in [3.05, 3.63) is 23.8 Å². The zero-order chi connectivity index (χ0) is 20.1. The van der Waals surface area contributed by atoms with Gasteiger partial charge in [0, 0.05) is 45.5 Å². The van der Waals surface area contributed by atoms with E-state index in [0.29, 0.717) is 51.6 Å². The molecule has 28 heavy (non-hydrogen) atoms. The molecule has 2 aliphatic rings. The van der Waals surface area contributed by atoms with Gasteiger partial charge in [-0.3, -0.25) is 14.6 Å². The molecule has 2 fully saturated rings. The average molecular weight is 389 g/mol. The summed E-state index contributed by atoms with van der Waals surface area (Å²) in [6.45, 7) is 6.87. The second kappa shape index (κ2) is 8.99. The van der Waals surface area contributed by atoms with Crippen LogP contribution in [-0.4, -0.2) is 88.5 Å². The van der Waals surface area contributed by atoms with E-state index in [1.54, 1.807) is 27.8 Å². The Kier molecular flexibility index (Phi) is 6.43. The maximum Gasteiger partial charge on any atom is 0.409 e. The average Bonchev–Trinajstić information content (AvgIpc) is 2.73. The Balaban J connectivity index is 1.55. The van der Waals surface area contributed by atoms with E-state index >= 15 is 0 Å². The molecule has 9 nitrogen and oxygen atoms in total. The minimum Gasteiger partial charge on any atom is -0.450 e. The van der Waals surface area contributed by atoms with E-state index < -0.39 is 0 Å². The first-order valence-corrected chi connectivity index (χ1v) is 9.78. The highest BCUT2D eigenvalue weighted by Gasteiger charge is 2.34. The second-order valence-corrected chi connectivity index (χ2v) is 7.14. The van der Waals surface area contributed by atoms with Crippen LogP contribution in [0, 0.1) is 12.8 Å². The third-order valence-corrected chi connectivity index (χ3v) is 5.18. The number of aromatic nitrogens is 2. The largest absolute Gasteiger partial charge is 0.450 e. The van der Waals surface area contributed by atoms with Crippen LogP contribution >= 0.6 is 0 Å². The highest BCUT2D eigenvalue weighted by Crippen LogP contribution is 2.21. The van der Waals surface area contributed by atoms with Crippen LogP contribution in [0.2, 0.25) is 0 Å². The van der Waals surface area contributed by atoms with Gasteiger partial charge in [0.05, 0.1) is 24.4 Å². The molecule has 3 amide bonds. The van der Waals surface area contributed by atoms with Crippen molar-refractivity contribution in [3.63, 3.8) is 0 Å². The van der Waals surface area contributed by atoms with Crippen molar-refractivity contribution in [2.75, 3.05) is 45.9 Å². The summed E-state index contributed by atoms with van der Waals surface area (Å²) in [5.41, 5.74) is 1.06.